The Balaban J connectivity index is 1.41. The molecule has 2 N–H and O–H groups in total. The molecule has 8 nitrogen and oxygen atoms in total. The maximum Gasteiger partial charge on any atom is 0.325 e. The van der Waals surface area contributed by atoms with Crippen molar-refractivity contribution in [2.24, 2.45) is 5.73 Å². The molecule has 35 heavy (non-hydrogen) atoms. The van der Waals surface area contributed by atoms with Gasteiger partial charge in [-0.15, -0.1) is 0 Å². The summed E-state index contributed by atoms with van der Waals surface area (Å²) in [5.41, 5.74) is 7.28. The van der Waals surface area contributed by atoms with Gasteiger partial charge in [-0.1, -0.05) is 0 Å². The highest BCUT2D eigenvalue weighted by molar-refractivity contribution is 6.01. The molecule has 2 aromatic heterocycles. The number of halogens is 2. The molecule has 0 spiro atoms. The number of piperidine rings is 1. The van der Waals surface area contributed by atoms with E-state index in [1.54, 1.807) is 15.6 Å². The van der Waals surface area contributed by atoms with Crippen molar-refractivity contribution >= 4 is 23.1 Å². The first-order chi connectivity index (χ1) is 16.8. The van der Waals surface area contributed by atoms with Gasteiger partial charge in [-0.3, -0.25) is 9.59 Å². The fourth-order valence-corrected chi connectivity index (χ4v) is 5.17. The van der Waals surface area contributed by atoms with Crippen molar-refractivity contribution < 1.29 is 23.1 Å². The van der Waals surface area contributed by atoms with Gasteiger partial charge in [0, 0.05) is 37.1 Å². The van der Waals surface area contributed by atoms with E-state index in [9.17, 15) is 18.4 Å². The number of carbonyl (C=O) groups is 2. The first-order valence-electron chi connectivity index (χ1n) is 11.7. The molecule has 184 valence electrons. The minimum absolute atomic E-state index is 0.196. The molecule has 0 saturated carbocycles. The van der Waals surface area contributed by atoms with Crippen LogP contribution in [0.1, 0.15) is 47.6 Å². The molecule has 4 heterocycles. The van der Waals surface area contributed by atoms with Crippen LogP contribution in [-0.2, 0) is 9.53 Å². The van der Waals surface area contributed by atoms with Crippen LogP contribution >= 0.6 is 0 Å². The van der Waals surface area contributed by atoms with Gasteiger partial charge in [0.1, 0.15) is 17.2 Å². The normalized spacial score (nSPS) is 19.8. The molecule has 1 atom stereocenters. The van der Waals surface area contributed by atoms with Crippen LogP contribution in [0, 0.1) is 11.6 Å². The molecule has 2 aliphatic rings. The van der Waals surface area contributed by atoms with Crippen molar-refractivity contribution in [1.29, 1.82) is 0 Å². The number of nitrogens with two attached hydrogens (primary N) is 1. The maximum atomic E-state index is 14.5. The lowest BCUT2D eigenvalue weighted by atomic mass is 9.88. The average molecular weight is 484 g/mol. The minimum atomic E-state index is -1.09. The summed E-state index contributed by atoms with van der Waals surface area (Å²) in [6.45, 7) is 1.34. The molecule has 0 bridgehead atoms. The summed E-state index contributed by atoms with van der Waals surface area (Å²) in [7, 11) is 1.30. The van der Waals surface area contributed by atoms with E-state index < -0.39 is 23.1 Å². The molecular weight excluding hydrogens is 456 g/mol. The molecule has 2 saturated heterocycles. The lowest BCUT2D eigenvalue weighted by molar-refractivity contribution is -0.148. The number of hydrogen-bond donors (Lipinski definition) is 1. The van der Waals surface area contributed by atoms with Crippen molar-refractivity contribution in [2.75, 3.05) is 31.6 Å². The number of carbonyl (C=O) groups excluding carboxylic acids is 2. The highest BCUT2D eigenvalue weighted by atomic mass is 19.1. The second-order valence-electron chi connectivity index (χ2n) is 9.23. The average Bonchev–Trinajstić information content (AvgIpc) is 3.52. The van der Waals surface area contributed by atoms with Crippen LogP contribution in [0.15, 0.2) is 42.7 Å². The minimum Gasteiger partial charge on any atom is -0.468 e. The molecule has 1 aromatic carbocycles. The van der Waals surface area contributed by atoms with E-state index in [1.807, 2.05) is 17.0 Å². The number of pyridine rings is 1. The van der Waals surface area contributed by atoms with Crippen LogP contribution in [0.5, 0.6) is 0 Å². The second kappa shape index (κ2) is 8.92. The Morgan fingerprint density at radius 1 is 1.14 bits per heavy atom. The summed E-state index contributed by atoms with van der Waals surface area (Å²) in [5.74, 6) is -1.57. The number of likely N-dealkylation sites (tertiary alicyclic amines) is 1. The molecule has 2 aliphatic heterocycles. The molecule has 5 rings (SSSR count). The third-order valence-electron chi connectivity index (χ3n) is 7.17. The highest BCUT2D eigenvalue weighted by Crippen LogP contribution is 2.38. The van der Waals surface area contributed by atoms with Gasteiger partial charge >= 0.3 is 5.97 Å². The number of methoxy groups -OCH3 is 1. The van der Waals surface area contributed by atoms with Crippen molar-refractivity contribution in [3.05, 3.63) is 65.5 Å². The first kappa shape index (κ1) is 23.2. The molecule has 0 radical (unpaired) electrons. The number of benzene rings is 1. The van der Waals surface area contributed by atoms with Gasteiger partial charge < -0.3 is 20.3 Å². The van der Waals surface area contributed by atoms with Crippen LogP contribution in [-0.4, -0.2) is 58.7 Å². The second-order valence-corrected chi connectivity index (χ2v) is 9.23. The van der Waals surface area contributed by atoms with Crippen LogP contribution in [0.4, 0.5) is 14.5 Å². The molecule has 1 amide bonds. The molecule has 2 fully saturated rings. The van der Waals surface area contributed by atoms with E-state index >= 15 is 0 Å². The van der Waals surface area contributed by atoms with E-state index in [0.29, 0.717) is 55.5 Å². The van der Waals surface area contributed by atoms with Crippen LogP contribution in [0.25, 0.3) is 5.52 Å². The monoisotopic (exact) mass is 483 g/mol. The number of rotatable bonds is 4. The lowest BCUT2D eigenvalue weighted by Crippen LogP contribution is -2.57. The zero-order valence-electron chi connectivity index (χ0n) is 19.4. The zero-order chi connectivity index (χ0) is 24.7. The standard InChI is InChI=1S/C25H27F2N5O3/c1-35-24(34)25(28)7-11-30(12-8-25)23(33)19-15-29-32-10-6-17(14-22(19)32)31-9-2-3-21(31)18-13-16(26)4-5-20(18)27/h4-6,10,13-15,21H,2-3,7-9,11-12,28H2,1H3/t21-/m1/s1. The van der Waals surface area contributed by atoms with Crippen LogP contribution in [0.2, 0.25) is 0 Å². The number of hydrogen-bond acceptors (Lipinski definition) is 6. The first-order valence-corrected chi connectivity index (χ1v) is 11.7. The van der Waals surface area contributed by atoms with Gasteiger partial charge in [0.05, 0.1) is 30.4 Å². The summed E-state index contributed by atoms with van der Waals surface area (Å²) in [6, 6.07) is 6.97. The van der Waals surface area contributed by atoms with Gasteiger partial charge in [0.2, 0.25) is 0 Å². The van der Waals surface area contributed by atoms with Crippen LogP contribution < -0.4 is 10.6 Å². The largest absolute Gasteiger partial charge is 0.468 e. The van der Waals surface area contributed by atoms with E-state index in [1.165, 1.54) is 19.4 Å². The van der Waals surface area contributed by atoms with Crippen molar-refractivity contribution in [3.63, 3.8) is 0 Å². The smallest absolute Gasteiger partial charge is 0.325 e. The topological polar surface area (TPSA) is 93.2 Å². The molecule has 0 unspecified atom stereocenters. The van der Waals surface area contributed by atoms with Gasteiger partial charge in [-0.25, -0.2) is 13.3 Å². The quantitative estimate of drug-likeness (QED) is 0.574. The summed E-state index contributed by atoms with van der Waals surface area (Å²) >= 11 is 0. The number of aromatic nitrogens is 2. The fourth-order valence-electron chi connectivity index (χ4n) is 5.17. The van der Waals surface area contributed by atoms with Gasteiger partial charge in [0.25, 0.3) is 5.91 Å². The maximum absolute atomic E-state index is 14.5. The molecule has 0 aliphatic carbocycles. The lowest BCUT2D eigenvalue weighted by Gasteiger charge is -2.36. The third-order valence-corrected chi connectivity index (χ3v) is 7.17. The van der Waals surface area contributed by atoms with Crippen molar-refractivity contribution in [1.82, 2.24) is 14.5 Å². The summed E-state index contributed by atoms with van der Waals surface area (Å²) in [6.07, 6.45) is 5.45. The predicted octanol–water partition coefficient (Wildman–Crippen LogP) is 3.06. The Kier molecular flexibility index (Phi) is 5.92. The Labute approximate surface area is 201 Å². The number of ether oxygens (including phenoxy) is 1. The Bertz CT molecular complexity index is 1290. The Hall–Kier alpha value is -3.53. The van der Waals surface area contributed by atoms with Gasteiger partial charge in [-0.2, -0.15) is 5.10 Å². The zero-order valence-corrected chi connectivity index (χ0v) is 19.4. The van der Waals surface area contributed by atoms with E-state index in [-0.39, 0.29) is 11.9 Å². The van der Waals surface area contributed by atoms with E-state index in [2.05, 4.69) is 5.10 Å². The van der Waals surface area contributed by atoms with Crippen molar-refractivity contribution in [3.8, 4) is 0 Å². The Morgan fingerprint density at radius 2 is 1.91 bits per heavy atom. The third kappa shape index (κ3) is 4.12. The highest BCUT2D eigenvalue weighted by Gasteiger charge is 2.40. The summed E-state index contributed by atoms with van der Waals surface area (Å²) in [4.78, 5) is 29.0. The predicted molar refractivity (Wildman–Crippen MR) is 125 cm³/mol. The number of nitrogens with zero attached hydrogens (tertiary/aromatic N) is 4. The van der Waals surface area contributed by atoms with Crippen molar-refractivity contribution in [2.45, 2.75) is 37.3 Å². The molecule has 10 heteroatoms. The molecule has 3 aromatic rings. The number of fused-ring (bicyclic) bond motifs is 1. The SMILES string of the molecule is COC(=O)C1(N)CCN(C(=O)c2cnn3ccc(N4CCC[C@@H]4c4cc(F)ccc4F)cc23)CC1. The number of esters is 1. The van der Waals surface area contributed by atoms with Gasteiger partial charge in [-0.05, 0) is 56.0 Å². The summed E-state index contributed by atoms with van der Waals surface area (Å²) < 4.78 is 34.8. The van der Waals surface area contributed by atoms with E-state index in [4.69, 9.17) is 10.5 Å². The van der Waals surface area contributed by atoms with Crippen LogP contribution in [0.3, 0.4) is 0 Å². The van der Waals surface area contributed by atoms with Gasteiger partial charge in [0.15, 0.2) is 0 Å². The number of anilines is 1. The summed E-state index contributed by atoms with van der Waals surface area (Å²) in [5, 5.41) is 4.32. The van der Waals surface area contributed by atoms with E-state index in [0.717, 1.165) is 24.2 Å². The Morgan fingerprint density at radius 3 is 2.66 bits per heavy atom. The number of amides is 1. The fraction of sp³-hybridized carbons (Fsp3) is 0.400. The molecular formula is C25H27F2N5O3.